The van der Waals surface area contributed by atoms with E-state index in [4.69, 9.17) is 5.73 Å². The predicted octanol–water partition coefficient (Wildman–Crippen LogP) is 1.39. The van der Waals surface area contributed by atoms with E-state index in [0.29, 0.717) is 6.54 Å². The molecule has 0 aromatic heterocycles. The largest absolute Gasteiger partial charge is 0.302 e. The summed E-state index contributed by atoms with van der Waals surface area (Å²) in [5, 5.41) is 0. The summed E-state index contributed by atoms with van der Waals surface area (Å²) in [5.41, 5.74) is 7.05. The minimum atomic E-state index is 0.542. The molecule has 61 valence electrons. The molecule has 10 heavy (non-hydrogen) atoms. The van der Waals surface area contributed by atoms with Gasteiger partial charge in [0, 0.05) is 13.1 Å². The molecule has 0 fully saturated rings. The van der Waals surface area contributed by atoms with Gasteiger partial charge in [0.25, 0.3) is 0 Å². The van der Waals surface area contributed by atoms with E-state index < -0.39 is 0 Å². The van der Waals surface area contributed by atoms with Gasteiger partial charge in [-0.25, -0.2) is 0 Å². The minimum absolute atomic E-state index is 0.542. The maximum atomic E-state index is 7.05. The topological polar surface area (TPSA) is 27.0 Å². The van der Waals surface area contributed by atoms with Crippen molar-refractivity contribution in [2.75, 3.05) is 26.2 Å². The molecular formula is C8H19N2. The van der Waals surface area contributed by atoms with Crippen LogP contribution in [0.25, 0.3) is 0 Å². The summed E-state index contributed by atoms with van der Waals surface area (Å²) in [4.78, 5) is 2.35. The summed E-state index contributed by atoms with van der Waals surface area (Å²) in [6, 6.07) is 0. The monoisotopic (exact) mass is 143 g/mol. The zero-order chi connectivity index (χ0) is 7.82. The fourth-order valence-electron chi connectivity index (χ4n) is 1.13. The Labute approximate surface area is 64.4 Å². The molecule has 0 unspecified atom stereocenters. The van der Waals surface area contributed by atoms with Crippen molar-refractivity contribution in [1.82, 2.24) is 10.6 Å². The minimum Gasteiger partial charge on any atom is -0.302 e. The molecule has 0 aliphatic rings. The highest BCUT2D eigenvalue weighted by Crippen LogP contribution is 1.91. The highest BCUT2D eigenvalue weighted by atomic mass is 15.1. The fourth-order valence-corrected chi connectivity index (χ4v) is 1.13. The van der Waals surface area contributed by atoms with Crippen LogP contribution in [0.5, 0.6) is 0 Å². The van der Waals surface area contributed by atoms with Gasteiger partial charge in [0.2, 0.25) is 0 Å². The van der Waals surface area contributed by atoms with E-state index in [1.807, 2.05) is 0 Å². The van der Waals surface area contributed by atoms with E-state index in [2.05, 4.69) is 18.7 Å². The molecule has 0 aromatic carbocycles. The smallest absolute Gasteiger partial charge is 0.0228 e. The lowest BCUT2D eigenvalue weighted by Crippen LogP contribution is -2.28. The summed E-state index contributed by atoms with van der Waals surface area (Å²) in [5.74, 6) is 0. The van der Waals surface area contributed by atoms with Crippen molar-refractivity contribution in [1.29, 1.82) is 0 Å². The van der Waals surface area contributed by atoms with Crippen LogP contribution in [0.4, 0.5) is 0 Å². The summed E-state index contributed by atoms with van der Waals surface area (Å²) in [7, 11) is 0. The average Bonchev–Trinajstić information content (AvgIpc) is 1.90. The van der Waals surface area contributed by atoms with Gasteiger partial charge in [-0.3, -0.25) is 5.73 Å². The molecule has 1 N–H and O–H groups in total. The van der Waals surface area contributed by atoms with Gasteiger partial charge in [-0.2, -0.15) is 0 Å². The van der Waals surface area contributed by atoms with Crippen molar-refractivity contribution >= 4 is 0 Å². The lowest BCUT2D eigenvalue weighted by atomic mass is 10.3. The van der Waals surface area contributed by atoms with E-state index in [0.717, 1.165) is 19.6 Å². The van der Waals surface area contributed by atoms with Crippen molar-refractivity contribution in [2.45, 2.75) is 26.7 Å². The maximum Gasteiger partial charge on any atom is 0.0228 e. The third-order valence-electron chi connectivity index (χ3n) is 1.51. The van der Waals surface area contributed by atoms with Gasteiger partial charge in [0.1, 0.15) is 0 Å². The summed E-state index contributed by atoms with van der Waals surface area (Å²) >= 11 is 0. The zero-order valence-corrected chi connectivity index (χ0v) is 7.19. The number of rotatable bonds is 6. The van der Waals surface area contributed by atoms with Crippen LogP contribution in [0.1, 0.15) is 26.7 Å². The van der Waals surface area contributed by atoms with E-state index in [9.17, 15) is 0 Å². The van der Waals surface area contributed by atoms with Crippen LogP contribution in [-0.2, 0) is 0 Å². The van der Waals surface area contributed by atoms with Crippen LogP contribution in [-0.4, -0.2) is 31.1 Å². The lowest BCUT2D eigenvalue weighted by Gasteiger charge is -2.18. The van der Waals surface area contributed by atoms with Gasteiger partial charge in [0.15, 0.2) is 0 Å². The SMILES string of the molecule is CCCN(CCC)CC[NH]. The Bertz CT molecular complexity index is 50.0. The van der Waals surface area contributed by atoms with Gasteiger partial charge >= 0.3 is 0 Å². The van der Waals surface area contributed by atoms with Crippen molar-refractivity contribution < 1.29 is 0 Å². The van der Waals surface area contributed by atoms with Crippen LogP contribution in [0.3, 0.4) is 0 Å². The lowest BCUT2D eigenvalue weighted by molar-refractivity contribution is 0.281. The molecule has 0 saturated carbocycles. The fraction of sp³-hybridized carbons (Fsp3) is 1.00. The van der Waals surface area contributed by atoms with Gasteiger partial charge in [-0.15, -0.1) is 0 Å². The van der Waals surface area contributed by atoms with E-state index in [1.54, 1.807) is 0 Å². The first kappa shape index (κ1) is 9.92. The third-order valence-corrected chi connectivity index (χ3v) is 1.51. The first-order valence-electron chi connectivity index (χ1n) is 4.22. The number of nitrogens with one attached hydrogen (secondary N) is 1. The number of hydrogen-bond acceptors (Lipinski definition) is 1. The highest BCUT2D eigenvalue weighted by molar-refractivity contribution is 4.55. The first-order chi connectivity index (χ1) is 4.85. The van der Waals surface area contributed by atoms with Crippen LogP contribution in [0, 0.1) is 0 Å². The Morgan fingerprint density at radius 2 is 1.50 bits per heavy atom. The maximum absolute atomic E-state index is 7.05. The molecule has 0 atom stereocenters. The Kier molecular flexibility index (Phi) is 6.98. The summed E-state index contributed by atoms with van der Waals surface area (Å²) < 4.78 is 0. The molecule has 0 saturated heterocycles. The second-order valence-corrected chi connectivity index (χ2v) is 2.59. The molecular weight excluding hydrogens is 124 g/mol. The number of nitrogens with zero attached hydrogens (tertiary/aromatic N) is 1. The molecule has 0 heterocycles. The molecule has 2 heteroatoms. The zero-order valence-electron chi connectivity index (χ0n) is 7.19. The van der Waals surface area contributed by atoms with Crippen molar-refractivity contribution in [2.24, 2.45) is 0 Å². The van der Waals surface area contributed by atoms with Gasteiger partial charge < -0.3 is 4.90 Å². The predicted molar refractivity (Wildman–Crippen MR) is 45.0 cm³/mol. The second-order valence-electron chi connectivity index (χ2n) is 2.59. The van der Waals surface area contributed by atoms with E-state index >= 15 is 0 Å². The third kappa shape index (κ3) is 4.77. The van der Waals surface area contributed by atoms with Gasteiger partial charge in [-0.1, -0.05) is 13.8 Å². The normalized spacial score (nSPS) is 10.8. The Morgan fingerprint density at radius 3 is 1.80 bits per heavy atom. The van der Waals surface area contributed by atoms with Crippen LogP contribution in [0.2, 0.25) is 0 Å². The molecule has 0 bridgehead atoms. The molecule has 0 aliphatic carbocycles. The quantitative estimate of drug-likeness (QED) is 0.552. The second kappa shape index (κ2) is 7.03. The first-order valence-corrected chi connectivity index (χ1v) is 4.22. The summed E-state index contributed by atoms with van der Waals surface area (Å²) in [6.07, 6.45) is 2.42. The van der Waals surface area contributed by atoms with Crippen molar-refractivity contribution in [3.8, 4) is 0 Å². The molecule has 0 aromatic rings. The van der Waals surface area contributed by atoms with E-state index in [1.165, 1.54) is 12.8 Å². The Balaban J connectivity index is 3.30. The molecule has 1 radical (unpaired) electrons. The Morgan fingerprint density at radius 1 is 1.00 bits per heavy atom. The van der Waals surface area contributed by atoms with Gasteiger partial charge in [0.05, 0.1) is 0 Å². The van der Waals surface area contributed by atoms with Crippen LogP contribution < -0.4 is 5.73 Å². The van der Waals surface area contributed by atoms with Crippen LogP contribution in [0.15, 0.2) is 0 Å². The standard InChI is InChI=1S/C8H19N2/c1-3-6-10(7-4-2)8-5-9/h9H,3-8H2,1-2H3. The molecule has 0 amide bonds. The molecule has 2 nitrogen and oxygen atoms in total. The average molecular weight is 143 g/mol. The molecule has 0 rings (SSSR count). The van der Waals surface area contributed by atoms with E-state index in [-0.39, 0.29) is 0 Å². The molecule has 0 spiro atoms. The van der Waals surface area contributed by atoms with Crippen molar-refractivity contribution in [3.05, 3.63) is 0 Å². The molecule has 0 aliphatic heterocycles. The van der Waals surface area contributed by atoms with Crippen LogP contribution >= 0.6 is 0 Å². The highest BCUT2D eigenvalue weighted by Gasteiger charge is 1.98. The summed E-state index contributed by atoms with van der Waals surface area (Å²) in [6.45, 7) is 8.18. The number of hydrogen-bond donors (Lipinski definition) is 0. The van der Waals surface area contributed by atoms with Crippen molar-refractivity contribution in [3.63, 3.8) is 0 Å². The van der Waals surface area contributed by atoms with Gasteiger partial charge in [-0.05, 0) is 25.9 Å². The Hall–Kier alpha value is -0.0800.